The summed E-state index contributed by atoms with van der Waals surface area (Å²) in [5.41, 5.74) is 11.3. The maximum atomic E-state index is 5.83. The molecule has 0 atom stereocenters. The van der Waals surface area contributed by atoms with Crippen molar-refractivity contribution in [1.82, 2.24) is 5.32 Å². The lowest BCUT2D eigenvalue weighted by Gasteiger charge is -2.12. The predicted octanol–water partition coefficient (Wildman–Crippen LogP) is 3.33. The van der Waals surface area contributed by atoms with Gasteiger partial charge < -0.3 is 11.1 Å². The molecule has 20 heavy (non-hydrogen) atoms. The van der Waals surface area contributed by atoms with Gasteiger partial charge >= 0.3 is 0 Å². The molecule has 0 spiro atoms. The van der Waals surface area contributed by atoms with Gasteiger partial charge in [-0.25, -0.2) is 0 Å². The van der Waals surface area contributed by atoms with Crippen molar-refractivity contribution in [3.05, 3.63) is 34.4 Å². The summed E-state index contributed by atoms with van der Waals surface area (Å²) in [6.07, 6.45) is 0.982. The number of guanidine groups is 1. The van der Waals surface area contributed by atoms with Crippen LogP contribution >= 0.6 is 24.0 Å². The highest BCUT2D eigenvalue weighted by Gasteiger charge is 2.03. The van der Waals surface area contributed by atoms with E-state index in [0.717, 1.165) is 19.5 Å². The molecule has 0 amide bonds. The van der Waals surface area contributed by atoms with E-state index >= 15 is 0 Å². The molecule has 1 aromatic carbocycles. The van der Waals surface area contributed by atoms with Gasteiger partial charge in [-0.2, -0.15) is 0 Å². The lowest BCUT2D eigenvalue weighted by atomic mass is 9.97. The average Bonchev–Trinajstić information content (AvgIpc) is 2.29. The van der Waals surface area contributed by atoms with Crippen molar-refractivity contribution in [2.75, 3.05) is 13.1 Å². The monoisotopic (exact) mass is 389 g/mol. The second-order valence-electron chi connectivity index (χ2n) is 5.67. The van der Waals surface area contributed by atoms with E-state index < -0.39 is 0 Å². The van der Waals surface area contributed by atoms with Gasteiger partial charge in [0.25, 0.3) is 0 Å². The van der Waals surface area contributed by atoms with E-state index in [0.29, 0.717) is 11.9 Å². The van der Waals surface area contributed by atoms with Crippen LogP contribution in [0.1, 0.15) is 36.1 Å². The molecule has 0 aromatic heterocycles. The zero-order valence-corrected chi connectivity index (χ0v) is 15.6. The quantitative estimate of drug-likeness (QED) is 0.461. The topological polar surface area (TPSA) is 50.4 Å². The van der Waals surface area contributed by atoms with Crippen molar-refractivity contribution >= 4 is 29.9 Å². The number of aryl methyl sites for hydroxylation is 3. The van der Waals surface area contributed by atoms with Crippen molar-refractivity contribution in [3.63, 3.8) is 0 Å². The van der Waals surface area contributed by atoms with E-state index in [1.807, 2.05) is 0 Å². The van der Waals surface area contributed by atoms with Crippen LogP contribution in [0.4, 0.5) is 0 Å². The first kappa shape index (κ1) is 19.2. The second kappa shape index (κ2) is 9.21. The molecule has 1 rings (SSSR count). The molecule has 0 fully saturated rings. The summed E-state index contributed by atoms with van der Waals surface area (Å²) in [7, 11) is 0. The molecule has 0 saturated carbocycles. The van der Waals surface area contributed by atoms with Crippen LogP contribution < -0.4 is 11.1 Å². The SMILES string of the molecule is Cc1cc(C)c(CCNC(N)=NCC(C)C)c(C)c1.I. The molecular weight excluding hydrogens is 361 g/mol. The smallest absolute Gasteiger partial charge is 0.188 e. The Morgan fingerprint density at radius 2 is 1.75 bits per heavy atom. The summed E-state index contributed by atoms with van der Waals surface area (Å²) in [6, 6.07) is 4.47. The first-order valence-corrected chi connectivity index (χ1v) is 7.00. The lowest BCUT2D eigenvalue weighted by molar-refractivity contribution is 0.661. The van der Waals surface area contributed by atoms with E-state index in [1.54, 1.807) is 0 Å². The molecule has 0 bridgehead atoms. The van der Waals surface area contributed by atoms with Crippen molar-refractivity contribution < 1.29 is 0 Å². The Morgan fingerprint density at radius 3 is 2.25 bits per heavy atom. The molecule has 3 nitrogen and oxygen atoms in total. The predicted molar refractivity (Wildman–Crippen MR) is 99.1 cm³/mol. The molecule has 0 radical (unpaired) electrons. The third-order valence-corrected chi connectivity index (χ3v) is 3.15. The number of nitrogens with one attached hydrogen (secondary N) is 1. The first-order valence-electron chi connectivity index (χ1n) is 7.00. The van der Waals surface area contributed by atoms with Gasteiger partial charge in [0.05, 0.1) is 0 Å². The number of benzene rings is 1. The average molecular weight is 389 g/mol. The highest BCUT2D eigenvalue weighted by atomic mass is 127. The molecule has 0 aliphatic carbocycles. The van der Waals surface area contributed by atoms with Gasteiger partial charge in [-0.3, -0.25) is 4.99 Å². The number of rotatable bonds is 5. The highest BCUT2D eigenvalue weighted by Crippen LogP contribution is 2.16. The van der Waals surface area contributed by atoms with Crippen LogP contribution in [0.15, 0.2) is 17.1 Å². The Balaban J connectivity index is 0.00000361. The Morgan fingerprint density at radius 1 is 1.20 bits per heavy atom. The van der Waals surface area contributed by atoms with Crippen molar-refractivity contribution in [2.45, 2.75) is 41.0 Å². The highest BCUT2D eigenvalue weighted by molar-refractivity contribution is 14.0. The van der Waals surface area contributed by atoms with E-state index in [4.69, 9.17) is 5.73 Å². The van der Waals surface area contributed by atoms with Crippen LogP contribution in [0.3, 0.4) is 0 Å². The summed E-state index contributed by atoms with van der Waals surface area (Å²) in [6.45, 7) is 12.4. The largest absolute Gasteiger partial charge is 0.370 e. The molecule has 0 aliphatic rings. The maximum absolute atomic E-state index is 5.83. The molecule has 3 N–H and O–H groups in total. The van der Waals surface area contributed by atoms with E-state index in [-0.39, 0.29) is 24.0 Å². The Labute approximate surface area is 140 Å². The van der Waals surface area contributed by atoms with Gasteiger partial charge in [-0.15, -0.1) is 24.0 Å². The van der Waals surface area contributed by atoms with Crippen LogP contribution in [-0.4, -0.2) is 19.0 Å². The molecule has 0 aliphatic heterocycles. The van der Waals surface area contributed by atoms with Gasteiger partial charge in [0.15, 0.2) is 5.96 Å². The number of nitrogens with zero attached hydrogens (tertiary/aromatic N) is 1. The zero-order valence-electron chi connectivity index (χ0n) is 13.3. The minimum atomic E-state index is 0. The summed E-state index contributed by atoms with van der Waals surface area (Å²) < 4.78 is 0. The Hall–Kier alpha value is -0.780. The normalized spacial score (nSPS) is 11.4. The van der Waals surface area contributed by atoms with E-state index in [9.17, 15) is 0 Å². The minimum Gasteiger partial charge on any atom is -0.370 e. The van der Waals surface area contributed by atoms with Crippen LogP contribution in [0, 0.1) is 26.7 Å². The standard InChI is InChI=1S/C16H27N3.HI/c1-11(2)10-19-16(17)18-7-6-15-13(4)8-12(3)9-14(15)5;/h8-9,11H,6-7,10H2,1-5H3,(H3,17,18,19);1H. The third kappa shape index (κ3) is 6.59. The number of hydrogen-bond donors (Lipinski definition) is 2. The van der Waals surface area contributed by atoms with Gasteiger partial charge in [0.2, 0.25) is 0 Å². The van der Waals surface area contributed by atoms with Crippen molar-refractivity contribution in [2.24, 2.45) is 16.6 Å². The van der Waals surface area contributed by atoms with Crippen LogP contribution in [-0.2, 0) is 6.42 Å². The summed E-state index contributed by atoms with van der Waals surface area (Å²) >= 11 is 0. The molecule has 0 heterocycles. The molecule has 114 valence electrons. The first-order chi connectivity index (χ1) is 8.90. The van der Waals surface area contributed by atoms with Crippen LogP contribution in [0.5, 0.6) is 0 Å². The summed E-state index contributed by atoms with van der Waals surface area (Å²) in [4.78, 5) is 4.30. The Bertz CT molecular complexity index is 430. The number of nitrogens with two attached hydrogens (primary N) is 1. The van der Waals surface area contributed by atoms with Gasteiger partial charge in [0.1, 0.15) is 0 Å². The third-order valence-electron chi connectivity index (χ3n) is 3.15. The fourth-order valence-electron chi connectivity index (χ4n) is 2.26. The van der Waals surface area contributed by atoms with Gasteiger partial charge in [0, 0.05) is 13.1 Å². The Kier molecular flexibility index (Phi) is 8.85. The molecule has 0 unspecified atom stereocenters. The zero-order chi connectivity index (χ0) is 14.4. The molecule has 1 aromatic rings. The number of hydrogen-bond acceptors (Lipinski definition) is 1. The van der Waals surface area contributed by atoms with Gasteiger partial charge in [-0.05, 0) is 49.8 Å². The minimum absolute atomic E-state index is 0. The van der Waals surface area contributed by atoms with Crippen LogP contribution in [0.25, 0.3) is 0 Å². The second-order valence-corrected chi connectivity index (χ2v) is 5.67. The van der Waals surface area contributed by atoms with E-state index in [2.05, 4.69) is 57.1 Å². The van der Waals surface area contributed by atoms with E-state index in [1.165, 1.54) is 22.3 Å². The molecule has 0 saturated heterocycles. The molecular formula is C16H28IN3. The van der Waals surface area contributed by atoms with Crippen molar-refractivity contribution in [1.29, 1.82) is 0 Å². The number of aliphatic imine (C=N–C) groups is 1. The number of halogens is 1. The summed E-state index contributed by atoms with van der Waals surface area (Å²) in [5.74, 6) is 1.10. The summed E-state index contributed by atoms with van der Waals surface area (Å²) in [5, 5.41) is 3.18. The lowest BCUT2D eigenvalue weighted by Crippen LogP contribution is -2.33. The molecule has 4 heteroatoms. The fraction of sp³-hybridized carbons (Fsp3) is 0.562. The fourth-order valence-corrected chi connectivity index (χ4v) is 2.26. The van der Waals surface area contributed by atoms with Crippen LogP contribution in [0.2, 0.25) is 0 Å². The van der Waals surface area contributed by atoms with Crippen molar-refractivity contribution in [3.8, 4) is 0 Å². The maximum Gasteiger partial charge on any atom is 0.188 e. The van der Waals surface area contributed by atoms with Gasteiger partial charge in [-0.1, -0.05) is 31.5 Å².